The third-order valence-electron chi connectivity index (χ3n) is 4.95. The van der Waals surface area contributed by atoms with E-state index in [0.717, 1.165) is 17.6 Å². The second-order valence-corrected chi connectivity index (χ2v) is 6.85. The van der Waals surface area contributed by atoms with E-state index >= 15 is 0 Å². The van der Waals surface area contributed by atoms with Crippen molar-refractivity contribution < 1.29 is 4.90 Å². The van der Waals surface area contributed by atoms with Crippen LogP contribution in [0, 0.1) is 6.92 Å². The number of para-hydroxylation sites is 2. The van der Waals surface area contributed by atoms with E-state index in [1.165, 1.54) is 42.9 Å². The molecule has 118 valence electrons. The quantitative estimate of drug-likeness (QED) is 0.766. The van der Waals surface area contributed by atoms with Gasteiger partial charge in [0.25, 0.3) is 0 Å². The Kier molecular flexibility index (Phi) is 3.88. The van der Waals surface area contributed by atoms with Gasteiger partial charge in [-0.3, -0.25) is 0 Å². The topological polar surface area (TPSA) is 33.1 Å². The standard InChI is InChI=1S/C20H23N3/c1-15-6-4-7-16(12-15)13-23-11-5-8-17(14-23)20-21-18-9-2-3-10-19(18)22-20/h2-4,6-7,9-10,12,17H,5,8,11,13-14H2,1H3,(H,21,22)/p+1/t17-/m0/s1. The van der Waals surface area contributed by atoms with E-state index in [9.17, 15) is 0 Å². The van der Waals surface area contributed by atoms with Gasteiger partial charge in [0.05, 0.1) is 30.0 Å². The number of hydrogen-bond acceptors (Lipinski definition) is 1. The molecule has 23 heavy (non-hydrogen) atoms. The van der Waals surface area contributed by atoms with Crippen LogP contribution in [0.3, 0.4) is 0 Å². The normalized spacial score (nSPS) is 21.6. The van der Waals surface area contributed by atoms with Crippen molar-refractivity contribution in [1.82, 2.24) is 9.97 Å². The summed E-state index contributed by atoms with van der Waals surface area (Å²) in [6.45, 7) is 5.74. The van der Waals surface area contributed by atoms with Crippen LogP contribution in [0.15, 0.2) is 48.5 Å². The number of H-pyrrole nitrogens is 1. The Balaban J connectivity index is 1.50. The van der Waals surface area contributed by atoms with Crippen LogP contribution in [0.25, 0.3) is 11.0 Å². The molecule has 0 saturated carbocycles. The summed E-state index contributed by atoms with van der Waals surface area (Å²) in [5.41, 5.74) is 5.06. The van der Waals surface area contributed by atoms with Crippen LogP contribution in [0.4, 0.5) is 0 Å². The first kappa shape index (κ1) is 14.5. The number of piperidine rings is 1. The van der Waals surface area contributed by atoms with Crippen molar-refractivity contribution in [1.29, 1.82) is 0 Å². The summed E-state index contributed by atoms with van der Waals surface area (Å²) in [6, 6.07) is 17.3. The number of rotatable bonds is 3. The van der Waals surface area contributed by atoms with Gasteiger partial charge < -0.3 is 9.88 Å². The van der Waals surface area contributed by atoms with Crippen LogP contribution in [0.5, 0.6) is 0 Å². The van der Waals surface area contributed by atoms with Crippen LogP contribution in [0.1, 0.15) is 35.7 Å². The summed E-state index contributed by atoms with van der Waals surface area (Å²) in [5.74, 6) is 1.73. The van der Waals surface area contributed by atoms with E-state index in [0.29, 0.717) is 5.92 Å². The first-order chi connectivity index (χ1) is 11.3. The van der Waals surface area contributed by atoms with Gasteiger partial charge in [0.1, 0.15) is 12.4 Å². The van der Waals surface area contributed by atoms with Gasteiger partial charge in [-0.2, -0.15) is 0 Å². The number of imidazole rings is 1. The summed E-state index contributed by atoms with van der Waals surface area (Å²) in [5, 5.41) is 0. The van der Waals surface area contributed by atoms with Gasteiger partial charge in [-0.15, -0.1) is 0 Å². The number of fused-ring (bicyclic) bond motifs is 1. The highest BCUT2D eigenvalue weighted by Crippen LogP contribution is 2.22. The van der Waals surface area contributed by atoms with Crippen molar-refractivity contribution in [3.8, 4) is 0 Å². The Morgan fingerprint density at radius 3 is 2.96 bits per heavy atom. The molecule has 1 aliphatic heterocycles. The van der Waals surface area contributed by atoms with Crippen molar-refractivity contribution in [2.24, 2.45) is 0 Å². The first-order valence-electron chi connectivity index (χ1n) is 8.62. The van der Waals surface area contributed by atoms with Gasteiger partial charge >= 0.3 is 0 Å². The number of aromatic amines is 1. The molecule has 1 unspecified atom stereocenters. The smallest absolute Gasteiger partial charge is 0.116 e. The Bertz CT molecular complexity index is 772. The minimum absolute atomic E-state index is 0.552. The van der Waals surface area contributed by atoms with Crippen molar-refractivity contribution in [3.05, 3.63) is 65.5 Å². The van der Waals surface area contributed by atoms with Crippen LogP contribution in [-0.4, -0.2) is 23.1 Å². The number of quaternary nitrogens is 1. The molecule has 3 aromatic rings. The van der Waals surface area contributed by atoms with E-state index in [4.69, 9.17) is 4.98 Å². The van der Waals surface area contributed by atoms with Crippen LogP contribution in [-0.2, 0) is 6.54 Å². The maximum atomic E-state index is 4.82. The first-order valence-corrected chi connectivity index (χ1v) is 8.62. The van der Waals surface area contributed by atoms with Crippen LogP contribution in [0.2, 0.25) is 0 Å². The fourth-order valence-electron chi connectivity index (χ4n) is 3.82. The zero-order valence-electron chi connectivity index (χ0n) is 13.7. The number of aromatic nitrogens is 2. The molecule has 3 heteroatoms. The lowest BCUT2D eigenvalue weighted by atomic mass is 9.97. The number of aryl methyl sites for hydroxylation is 1. The van der Waals surface area contributed by atoms with Crippen molar-refractivity contribution in [2.75, 3.05) is 13.1 Å². The highest BCUT2D eigenvalue weighted by atomic mass is 15.1. The fourth-order valence-corrected chi connectivity index (χ4v) is 3.82. The zero-order valence-corrected chi connectivity index (χ0v) is 13.7. The lowest BCUT2D eigenvalue weighted by Gasteiger charge is -2.29. The SMILES string of the molecule is Cc1cccc(C[NH+]2CCC[C@H](c3nc4ccccc4[nH]3)C2)c1. The molecule has 0 aliphatic carbocycles. The minimum Gasteiger partial charge on any atom is -0.342 e. The van der Waals surface area contributed by atoms with Crippen molar-refractivity contribution in [3.63, 3.8) is 0 Å². The summed E-state index contributed by atoms with van der Waals surface area (Å²) in [4.78, 5) is 10.0. The molecule has 1 saturated heterocycles. The molecule has 4 rings (SSSR count). The van der Waals surface area contributed by atoms with E-state index in [-0.39, 0.29) is 0 Å². The second kappa shape index (κ2) is 6.17. The van der Waals surface area contributed by atoms with E-state index < -0.39 is 0 Å². The van der Waals surface area contributed by atoms with Crippen molar-refractivity contribution in [2.45, 2.75) is 32.2 Å². The average molecular weight is 306 g/mol. The Morgan fingerprint density at radius 1 is 1.17 bits per heavy atom. The van der Waals surface area contributed by atoms with Gasteiger partial charge in [0.2, 0.25) is 0 Å². The van der Waals surface area contributed by atoms with Gasteiger partial charge in [-0.1, -0.05) is 42.0 Å². The Hall–Kier alpha value is -2.13. The van der Waals surface area contributed by atoms with Gasteiger partial charge in [0, 0.05) is 5.56 Å². The van der Waals surface area contributed by atoms with E-state index in [2.05, 4.69) is 60.4 Å². The fraction of sp³-hybridized carbons (Fsp3) is 0.350. The molecule has 2 N–H and O–H groups in total. The van der Waals surface area contributed by atoms with Crippen molar-refractivity contribution >= 4 is 11.0 Å². The molecule has 3 nitrogen and oxygen atoms in total. The lowest BCUT2D eigenvalue weighted by Crippen LogP contribution is -3.12. The third kappa shape index (κ3) is 3.15. The molecule has 2 atom stereocenters. The molecule has 1 aliphatic rings. The lowest BCUT2D eigenvalue weighted by molar-refractivity contribution is -0.920. The molecular formula is C20H24N3+. The summed E-state index contributed by atoms with van der Waals surface area (Å²) < 4.78 is 0. The van der Waals surface area contributed by atoms with E-state index in [1.54, 1.807) is 4.90 Å². The Morgan fingerprint density at radius 2 is 2.09 bits per heavy atom. The Labute approximate surface area is 137 Å². The molecule has 2 aromatic carbocycles. The molecule has 0 spiro atoms. The predicted octanol–water partition coefficient (Wildman–Crippen LogP) is 2.83. The van der Waals surface area contributed by atoms with Gasteiger partial charge in [0.15, 0.2) is 0 Å². The summed E-state index contributed by atoms with van der Waals surface area (Å²) in [7, 11) is 0. The number of benzene rings is 2. The average Bonchev–Trinajstić information content (AvgIpc) is 2.99. The minimum atomic E-state index is 0.552. The molecule has 1 aromatic heterocycles. The number of likely N-dealkylation sites (tertiary alicyclic amines) is 1. The molecule has 0 bridgehead atoms. The number of nitrogens with zero attached hydrogens (tertiary/aromatic N) is 1. The molecule has 0 radical (unpaired) electrons. The monoisotopic (exact) mass is 306 g/mol. The van der Waals surface area contributed by atoms with Gasteiger partial charge in [-0.05, 0) is 31.9 Å². The largest absolute Gasteiger partial charge is 0.342 e. The highest BCUT2D eigenvalue weighted by molar-refractivity contribution is 5.74. The number of nitrogens with one attached hydrogen (secondary N) is 2. The molecular weight excluding hydrogens is 282 g/mol. The highest BCUT2D eigenvalue weighted by Gasteiger charge is 2.26. The van der Waals surface area contributed by atoms with Crippen LogP contribution < -0.4 is 4.90 Å². The third-order valence-corrected chi connectivity index (χ3v) is 4.95. The predicted molar refractivity (Wildman–Crippen MR) is 93.6 cm³/mol. The summed E-state index contributed by atoms with van der Waals surface area (Å²) >= 11 is 0. The maximum Gasteiger partial charge on any atom is 0.116 e. The molecule has 2 heterocycles. The molecule has 0 amide bonds. The van der Waals surface area contributed by atoms with E-state index in [1.807, 2.05) is 0 Å². The maximum absolute atomic E-state index is 4.82. The summed E-state index contributed by atoms with van der Waals surface area (Å²) in [6.07, 6.45) is 2.53. The van der Waals surface area contributed by atoms with Crippen LogP contribution >= 0.6 is 0 Å². The zero-order chi connectivity index (χ0) is 15.6. The second-order valence-electron chi connectivity index (χ2n) is 6.85. The number of hydrogen-bond donors (Lipinski definition) is 2. The van der Waals surface area contributed by atoms with Gasteiger partial charge in [-0.25, -0.2) is 4.98 Å². The molecule has 1 fully saturated rings.